The fourth-order valence-corrected chi connectivity index (χ4v) is 5.51. The third-order valence-corrected chi connectivity index (χ3v) is 8.09. The molecule has 30 heavy (non-hydrogen) atoms. The zero-order valence-electron chi connectivity index (χ0n) is 20.1. The Morgan fingerprint density at radius 1 is 1.03 bits per heavy atom. The van der Waals surface area contributed by atoms with Crippen molar-refractivity contribution in [1.29, 1.82) is 0 Å². The fraction of sp³-hybridized carbons (Fsp3) is 0.923. The Hall–Kier alpha value is -1.06. The van der Waals surface area contributed by atoms with Crippen molar-refractivity contribution < 1.29 is 19.4 Å². The first-order chi connectivity index (χ1) is 14.2. The van der Waals surface area contributed by atoms with Gasteiger partial charge in [0.2, 0.25) is 0 Å². The number of carbonyl (C=O) groups excluding carboxylic acids is 1. The summed E-state index contributed by atoms with van der Waals surface area (Å²) >= 11 is 0. The molecule has 0 radical (unpaired) electrons. The summed E-state index contributed by atoms with van der Waals surface area (Å²) in [6.45, 7) is 11.0. The van der Waals surface area contributed by atoms with Crippen LogP contribution in [0.15, 0.2) is 0 Å². The van der Waals surface area contributed by atoms with Crippen molar-refractivity contribution in [3.05, 3.63) is 0 Å². The summed E-state index contributed by atoms with van der Waals surface area (Å²) in [7, 11) is 0. The zero-order valence-corrected chi connectivity index (χ0v) is 20.1. The van der Waals surface area contributed by atoms with Gasteiger partial charge in [0.25, 0.3) is 0 Å². The molecule has 4 heteroatoms. The summed E-state index contributed by atoms with van der Waals surface area (Å²) in [6, 6.07) is 0. The van der Waals surface area contributed by atoms with Gasteiger partial charge in [-0.1, -0.05) is 73.1 Å². The molecule has 4 atom stereocenters. The molecule has 0 aliphatic heterocycles. The van der Waals surface area contributed by atoms with Crippen LogP contribution in [0.25, 0.3) is 0 Å². The van der Waals surface area contributed by atoms with Gasteiger partial charge in [0, 0.05) is 0 Å². The molecule has 4 unspecified atom stereocenters. The van der Waals surface area contributed by atoms with Crippen LogP contribution in [0, 0.1) is 35.0 Å². The molecule has 0 heterocycles. The van der Waals surface area contributed by atoms with Crippen molar-refractivity contribution in [2.75, 3.05) is 0 Å². The van der Waals surface area contributed by atoms with E-state index in [4.69, 9.17) is 4.74 Å². The topological polar surface area (TPSA) is 63.6 Å². The van der Waals surface area contributed by atoms with Gasteiger partial charge in [-0.2, -0.15) is 0 Å². The predicted octanol–water partition coefficient (Wildman–Crippen LogP) is 6.86. The van der Waals surface area contributed by atoms with E-state index >= 15 is 0 Å². The average molecular weight is 423 g/mol. The molecular weight excluding hydrogens is 376 g/mol. The molecule has 4 nitrogen and oxygen atoms in total. The number of hydrogen-bond donors (Lipinski definition) is 1. The molecule has 0 bridgehead atoms. The second-order valence-corrected chi connectivity index (χ2v) is 11.1. The van der Waals surface area contributed by atoms with Crippen LogP contribution in [0.1, 0.15) is 112 Å². The highest BCUT2D eigenvalue weighted by molar-refractivity contribution is 5.81. The Morgan fingerprint density at radius 3 is 2.27 bits per heavy atom. The maximum Gasteiger partial charge on any atom is 0.310 e. The lowest BCUT2D eigenvalue weighted by Gasteiger charge is -2.39. The van der Waals surface area contributed by atoms with E-state index in [1.165, 1.54) is 32.1 Å². The van der Waals surface area contributed by atoms with Crippen LogP contribution in [0.2, 0.25) is 0 Å². The minimum absolute atomic E-state index is 0.0756. The first-order valence-corrected chi connectivity index (χ1v) is 12.6. The van der Waals surface area contributed by atoms with Gasteiger partial charge in [-0.15, -0.1) is 0 Å². The molecular formula is C26H46O4. The van der Waals surface area contributed by atoms with Crippen LogP contribution in [0.4, 0.5) is 0 Å². The maximum absolute atomic E-state index is 13.2. The molecule has 2 aliphatic carbocycles. The lowest BCUT2D eigenvalue weighted by molar-refractivity contribution is -0.168. The van der Waals surface area contributed by atoms with E-state index in [-0.39, 0.29) is 17.5 Å². The largest absolute Gasteiger partial charge is 0.481 e. The minimum Gasteiger partial charge on any atom is -0.481 e. The average Bonchev–Trinajstić information content (AvgIpc) is 2.71. The third kappa shape index (κ3) is 7.27. The minimum atomic E-state index is -0.842. The molecule has 0 aromatic rings. The Morgan fingerprint density at radius 2 is 1.70 bits per heavy atom. The number of carboxylic acid groups (broad SMARTS) is 1. The molecule has 0 spiro atoms. The molecule has 1 N–H and O–H groups in total. The molecule has 174 valence electrons. The molecule has 2 saturated carbocycles. The molecule has 0 aromatic carbocycles. The van der Waals surface area contributed by atoms with Crippen molar-refractivity contribution in [2.24, 2.45) is 35.0 Å². The lowest BCUT2D eigenvalue weighted by Crippen LogP contribution is -2.40. The van der Waals surface area contributed by atoms with Crippen LogP contribution in [0.5, 0.6) is 0 Å². The first-order valence-electron chi connectivity index (χ1n) is 12.6. The summed E-state index contributed by atoms with van der Waals surface area (Å²) in [6.07, 6.45) is 12.6. The molecule has 2 rings (SSSR count). The van der Waals surface area contributed by atoms with Crippen molar-refractivity contribution in [3.8, 4) is 0 Å². The van der Waals surface area contributed by atoms with E-state index < -0.39 is 17.8 Å². The van der Waals surface area contributed by atoms with Crippen LogP contribution in [0.3, 0.4) is 0 Å². The summed E-state index contributed by atoms with van der Waals surface area (Å²) in [5.74, 6) is -0.554. The van der Waals surface area contributed by atoms with E-state index in [1.54, 1.807) is 0 Å². The maximum atomic E-state index is 13.2. The van der Waals surface area contributed by atoms with Gasteiger partial charge in [0.05, 0.1) is 11.8 Å². The van der Waals surface area contributed by atoms with Crippen molar-refractivity contribution in [2.45, 2.75) is 118 Å². The van der Waals surface area contributed by atoms with E-state index in [2.05, 4.69) is 34.6 Å². The first kappa shape index (κ1) is 25.2. The van der Waals surface area contributed by atoms with Crippen LogP contribution in [-0.2, 0) is 14.3 Å². The van der Waals surface area contributed by atoms with E-state index in [0.29, 0.717) is 24.7 Å². The SMILES string of the molecule is CCCCC1CCC(C(CC(C)(C)CC)OC(=O)C2CCC(C)CC2C(=O)O)CC1. The number of rotatable bonds is 10. The quantitative estimate of drug-likeness (QED) is 0.391. The van der Waals surface area contributed by atoms with Crippen molar-refractivity contribution in [1.82, 2.24) is 0 Å². The monoisotopic (exact) mass is 422 g/mol. The second-order valence-electron chi connectivity index (χ2n) is 11.1. The Balaban J connectivity index is 2.06. The Kier molecular flexibility index (Phi) is 9.68. The smallest absolute Gasteiger partial charge is 0.310 e. The van der Waals surface area contributed by atoms with Crippen LogP contribution < -0.4 is 0 Å². The highest BCUT2D eigenvalue weighted by Crippen LogP contribution is 2.41. The van der Waals surface area contributed by atoms with E-state index in [1.807, 2.05) is 0 Å². The second kappa shape index (κ2) is 11.5. The number of hydrogen-bond acceptors (Lipinski definition) is 3. The molecule has 0 amide bonds. The van der Waals surface area contributed by atoms with E-state index in [9.17, 15) is 14.7 Å². The number of esters is 1. The Labute approximate surface area is 184 Å². The van der Waals surface area contributed by atoms with Crippen molar-refractivity contribution >= 4 is 11.9 Å². The summed E-state index contributed by atoms with van der Waals surface area (Å²) in [5.41, 5.74) is 0.122. The highest BCUT2D eigenvalue weighted by atomic mass is 16.5. The molecule has 0 saturated heterocycles. The molecule has 0 aromatic heterocycles. The standard InChI is InChI=1S/C26H46O4/c1-6-8-9-19-11-13-20(14-12-19)23(17-26(4,5)7-2)30-25(29)21-15-10-18(3)16-22(21)24(27)28/h18-23H,6-17H2,1-5H3,(H,27,28). The number of aliphatic carboxylic acids is 1. The summed E-state index contributed by atoms with van der Waals surface area (Å²) < 4.78 is 6.20. The number of carboxylic acids is 1. The third-order valence-electron chi connectivity index (χ3n) is 8.09. The predicted molar refractivity (Wildman–Crippen MR) is 121 cm³/mol. The summed E-state index contributed by atoms with van der Waals surface area (Å²) in [5, 5.41) is 9.67. The van der Waals surface area contributed by atoms with Crippen molar-refractivity contribution in [3.63, 3.8) is 0 Å². The fourth-order valence-electron chi connectivity index (χ4n) is 5.51. The number of ether oxygens (including phenoxy) is 1. The van der Waals surface area contributed by atoms with Gasteiger partial charge in [-0.3, -0.25) is 9.59 Å². The summed E-state index contributed by atoms with van der Waals surface area (Å²) in [4.78, 5) is 25.0. The van der Waals surface area contributed by atoms with Gasteiger partial charge < -0.3 is 9.84 Å². The molecule has 2 aliphatic rings. The van der Waals surface area contributed by atoms with Gasteiger partial charge >= 0.3 is 11.9 Å². The van der Waals surface area contributed by atoms with Gasteiger partial charge in [0.15, 0.2) is 0 Å². The van der Waals surface area contributed by atoms with Crippen LogP contribution >= 0.6 is 0 Å². The van der Waals surface area contributed by atoms with Gasteiger partial charge in [-0.25, -0.2) is 0 Å². The number of carbonyl (C=O) groups is 2. The van der Waals surface area contributed by atoms with Gasteiger partial charge in [-0.05, 0) is 61.7 Å². The molecule has 2 fully saturated rings. The normalized spacial score (nSPS) is 31.2. The Bertz CT molecular complexity index is 547. The zero-order chi connectivity index (χ0) is 22.3. The van der Waals surface area contributed by atoms with E-state index in [0.717, 1.165) is 38.0 Å². The van der Waals surface area contributed by atoms with Crippen LogP contribution in [-0.4, -0.2) is 23.1 Å². The number of unbranched alkanes of at least 4 members (excludes halogenated alkanes) is 1. The highest BCUT2D eigenvalue weighted by Gasteiger charge is 2.41. The lowest BCUT2D eigenvalue weighted by atomic mass is 9.72. The van der Waals surface area contributed by atoms with Gasteiger partial charge in [0.1, 0.15) is 6.10 Å².